The summed E-state index contributed by atoms with van der Waals surface area (Å²) in [6, 6.07) is 8.27. The van der Waals surface area contributed by atoms with Gasteiger partial charge in [0, 0.05) is 17.8 Å². The van der Waals surface area contributed by atoms with Gasteiger partial charge in [0.25, 0.3) is 0 Å². The second-order valence-corrected chi connectivity index (χ2v) is 6.78. The van der Waals surface area contributed by atoms with Gasteiger partial charge in [0.05, 0.1) is 5.69 Å². The molecule has 1 fully saturated rings. The summed E-state index contributed by atoms with van der Waals surface area (Å²) in [5.74, 6) is 0.304. The number of hydrogen-bond donors (Lipinski definition) is 2. The number of aryl methyl sites for hydroxylation is 1. The van der Waals surface area contributed by atoms with Gasteiger partial charge < -0.3 is 10.4 Å². The topological polar surface area (TPSA) is 58.0 Å². The summed E-state index contributed by atoms with van der Waals surface area (Å²) in [5.41, 5.74) is 2.98. The molecule has 23 heavy (non-hydrogen) atoms. The van der Waals surface area contributed by atoms with Crippen molar-refractivity contribution in [3.05, 3.63) is 36.0 Å². The Morgan fingerprint density at radius 3 is 3.00 bits per heavy atom. The van der Waals surface area contributed by atoms with Crippen LogP contribution in [0.4, 0.5) is 0 Å². The van der Waals surface area contributed by atoms with Crippen molar-refractivity contribution >= 4 is 11.8 Å². The Labute approximate surface area is 141 Å². The molecule has 0 spiro atoms. The Morgan fingerprint density at radius 1 is 1.30 bits per heavy atom. The third kappa shape index (κ3) is 4.45. The largest absolute Gasteiger partial charge is 0.508 e. The third-order valence-electron chi connectivity index (χ3n) is 4.28. The Kier molecular flexibility index (Phi) is 5.51. The van der Waals surface area contributed by atoms with Crippen LogP contribution in [0.15, 0.2) is 35.6 Å². The highest BCUT2D eigenvalue weighted by atomic mass is 32.2. The van der Waals surface area contributed by atoms with E-state index in [1.807, 2.05) is 18.4 Å². The zero-order valence-electron chi connectivity index (χ0n) is 13.5. The fraction of sp³-hybridized carbons (Fsp3) is 0.444. The number of rotatable bonds is 5. The molecule has 1 atom stereocenters. The van der Waals surface area contributed by atoms with Gasteiger partial charge in [0.2, 0.25) is 0 Å². The van der Waals surface area contributed by atoms with E-state index < -0.39 is 0 Å². The molecule has 1 saturated heterocycles. The van der Waals surface area contributed by atoms with E-state index in [0.29, 0.717) is 11.8 Å². The lowest BCUT2D eigenvalue weighted by Crippen LogP contribution is -2.34. The van der Waals surface area contributed by atoms with E-state index in [2.05, 4.69) is 21.4 Å². The number of thioether (sulfide) groups is 1. The number of benzene rings is 1. The summed E-state index contributed by atoms with van der Waals surface area (Å²) in [7, 11) is 0. The Hall–Kier alpha value is -1.59. The fourth-order valence-corrected chi connectivity index (χ4v) is 3.43. The van der Waals surface area contributed by atoms with Crippen molar-refractivity contribution in [3.8, 4) is 17.0 Å². The average molecular weight is 329 g/mol. The van der Waals surface area contributed by atoms with Crippen molar-refractivity contribution in [3.63, 3.8) is 0 Å². The Bertz CT molecular complexity index is 656. The first kappa shape index (κ1) is 16.3. The molecule has 0 amide bonds. The monoisotopic (exact) mass is 329 g/mol. The molecule has 0 bridgehead atoms. The van der Waals surface area contributed by atoms with Crippen molar-refractivity contribution in [2.24, 2.45) is 0 Å². The summed E-state index contributed by atoms with van der Waals surface area (Å²) >= 11 is 1.52. The van der Waals surface area contributed by atoms with Crippen LogP contribution < -0.4 is 5.32 Å². The maximum Gasteiger partial charge on any atom is 0.187 e. The van der Waals surface area contributed by atoms with Crippen LogP contribution in [-0.2, 0) is 6.42 Å². The van der Waals surface area contributed by atoms with Gasteiger partial charge in [-0.15, -0.1) is 0 Å². The minimum Gasteiger partial charge on any atom is -0.508 e. The number of hydrogen-bond acceptors (Lipinski definition) is 5. The number of aromatic nitrogens is 2. The highest BCUT2D eigenvalue weighted by molar-refractivity contribution is 7.98. The average Bonchev–Trinajstić information content (AvgIpc) is 2.60. The second kappa shape index (κ2) is 7.79. The van der Waals surface area contributed by atoms with Gasteiger partial charge in [-0.25, -0.2) is 9.97 Å². The van der Waals surface area contributed by atoms with Crippen LogP contribution in [0, 0.1) is 0 Å². The summed E-state index contributed by atoms with van der Waals surface area (Å²) in [4.78, 5) is 8.73. The smallest absolute Gasteiger partial charge is 0.187 e. The first-order valence-electron chi connectivity index (χ1n) is 8.18. The van der Waals surface area contributed by atoms with Crippen molar-refractivity contribution in [2.45, 2.75) is 43.3 Å². The van der Waals surface area contributed by atoms with E-state index in [1.54, 1.807) is 12.3 Å². The number of phenolic OH excluding ortho intramolecular Hbond substituents is 1. The van der Waals surface area contributed by atoms with Gasteiger partial charge in [0.15, 0.2) is 5.16 Å². The molecule has 4 nitrogen and oxygen atoms in total. The van der Waals surface area contributed by atoms with Crippen LogP contribution in [0.1, 0.15) is 31.2 Å². The van der Waals surface area contributed by atoms with E-state index >= 15 is 0 Å². The van der Waals surface area contributed by atoms with Gasteiger partial charge in [-0.3, -0.25) is 0 Å². The van der Waals surface area contributed by atoms with Gasteiger partial charge >= 0.3 is 0 Å². The SMILES string of the molecule is CSc1nccc(-c2cc(O)cc(CC[C@@H]3CCCCN3)c2)n1. The van der Waals surface area contributed by atoms with Gasteiger partial charge in [-0.2, -0.15) is 0 Å². The molecule has 2 N–H and O–H groups in total. The first-order chi connectivity index (χ1) is 11.2. The van der Waals surface area contributed by atoms with Crippen LogP contribution in [0.3, 0.4) is 0 Å². The molecule has 1 aromatic carbocycles. The van der Waals surface area contributed by atoms with Crippen molar-refractivity contribution in [1.82, 2.24) is 15.3 Å². The molecule has 1 aliphatic heterocycles. The Balaban J connectivity index is 1.75. The molecule has 0 unspecified atom stereocenters. The number of nitrogens with one attached hydrogen (secondary N) is 1. The molecule has 1 aliphatic rings. The van der Waals surface area contributed by atoms with E-state index in [0.717, 1.165) is 41.4 Å². The minimum absolute atomic E-state index is 0.304. The number of nitrogens with zero attached hydrogens (tertiary/aromatic N) is 2. The summed E-state index contributed by atoms with van der Waals surface area (Å²) in [5, 5.41) is 14.4. The second-order valence-electron chi connectivity index (χ2n) is 6.00. The standard InChI is InChI=1S/C18H23N3OS/c1-23-18-20-9-7-17(21-18)14-10-13(11-16(22)12-14)5-6-15-4-2-3-8-19-15/h7,9-12,15,19,22H,2-6,8H2,1H3/t15-/m0/s1. The maximum absolute atomic E-state index is 10.1. The molecular weight excluding hydrogens is 306 g/mol. The highest BCUT2D eigenvalue weighted by Crippen LogP contribution is 2.26. The lowest BCUT2D eigenvalue weighted by Gasteiger charge is -2.23. The van der Waals surface area contributed by atoms with E-state index in [1.165, 1.54) is 31.0 Å². The van der Waals surface area contributed by atoms with Crippen molar-refractivity contribution in [1.29, 1.82) is 0 Å². The van der Waals surface area contributed by atoms with Crippen LogP contribution in [0.5, 0.6) is 5.75 Å². The Morgan fingerprint density at radius 2 is 2.22 bits per heavy atom. The zero-order valence-corrected chi connectivity index (χ0v) is 14.3. The fourth-order valence-electron chi connectivity index (χ4n) is 3.08. The molecule has 0 aliphatic carbocycles. The molecule has 2 heterocycles. The lowest BCUT2D eigenvalue weighted by atomic mass is 9.96. The molecule has 2 aromatic rings. The highest BCUT2D eigenvalue weighted by Gasteiger charge is 2.13. The summed E-state index contributed by atoms with van der Waals surface area (Å²) < 4.78 is 0. The summed E-state index contributed by atoms with van der Waals surface area (Å²) in [6.07, 6.45) is 9.69. The van der Waals surface area contributed by atoms with Crippen LogP contribution in [0.2, 0.25) is 0 Å². The first-order valence-corrected chi connectivity index (χ1v) is 9.41. The van der Waals surface area contributed by atoms with E-state index in [9.17, 15) is 5.11 Å². The molecular formula is C18H23N3OS. The van der Waals surface area contributed by atoms with E-state index in [4.69, 9.17) is 0 Å². The predicted molar refractivity (Wildman–Crippen MR) is 94.9 cm³/mol. The molecule has 1 aromatic heterocycles. The predicted octanol–water partition coefficient (Wildman–Crippen LogP) is 3.65. The number of aromatic hydroxyl groups is 1. The van der Waals surface area contributed by atoms with Crippen LogP contribution in [-0.4, -0.2) is 33.9 Å². The number of phenols is 1. The van der Waals surface area contributed by atoms with E-state index in [-0.39, 0.29) is 0 Å². The maximum atomic E-state index is 10.1. The van der Waals surface area contributed by atoms with Gasteiger partial charge in [0.1, 0.15) is 5.75 Å². The third-order valence-corrected chi connectivity index (χ3v) is 4.85. The minimum atomic E-state index is 0.304. The normalized spacial score (nSPS) is 18.0. The molecule has 0 saturated carbocycles. The molecule has 0 radical (unpaired) electrons. The number of piperidine rings is 1. The summed E-state index contributed by atoms with van der Waals surface area (Å²) in [6.45, 7) is 1.13. The van der Waals surface area contributed by atoms with Crippen LogP contribution in [0.25, 0.3) is 11.3 Å². The van der Waals surface area contributed by atoms with Gasteiger partial charge in [-0.05, 0) is 68.3 Å². The molecule has 5 heteroatoms. The van der Waals surface area contributed by atoms with Crippen molar-refractivity contribution in [2.75, 3.05) is 12.8 Å². The quantitative estimate of drug-likeness (QED) is 0.648. The van der Waals surface area contributed by atoms with Crippen molar-refractivity contribution < 1.29 is 5.11 Å². The molecule has 3 rings (SSSR count). The zero-order chi connectivity index (χ0) is 16.1. The lowest BCUT2D eigenvalue weighted by molar-refractivity contribution is 0.382. The van der Waals surface area contributed by atoms with Gasteiger partial charge in [-0.1, -0.05) is 18.2 Å². The molecule has 122 valence electrons. The van der Waals surface area contributed by atoms with Crippen LogP contribution >= 0.6 is 11.8 Å².